The molecule has 1 atom stereocenters. The number of hydrogen-bond donors (Lipinski definition) is 0. The molecule has 15 heavy (non-hydrogen) atoms. The largest absolute Gasteiger partial charge is 0.431 e. The molecule has 1 unspecified atom stereocenters. The van der Waals surface area contributed by atoms with Crippen LogP contribution in [0.2, 0.25) is 5.02 Å². The van der Waals surface area contributed by atoms with Gasteiger partial charge < -0.3 is 9.15 Å². The predicted octanol–water partition coefficient (Wildman–Crippen LogP) is 2.97. The standard InChI is InChI=1S/C10H8ClNO2S/c11-6-1-2-9-8(3-6)12-10(14-9)15-5-7-4-13-7/h1-3,7H,4-5H2. The Morgan fingerprint density at radius 3 is 3.20 bits per heavy atom. The SMILES string of the molecule is Clc1ccc2oc(SCC3CO3)nc2c1. The third kappa shape index (κ3) is 2.12. The van der Waals surface area contributed by atoms with Crippen LogP contribution in [0.3, 0.4) is 0 Å². The number of aromatic nitrogens is 1. The Balaban J connectivity index is 1.84. The molecule has 1 saturated heterocycles. The Labute approximate surface area is 95.8 Å². The number of oxazole rings is 1. The summed E-state index contributed by atoms with van der Waals surface area (Å²) >= 11 is 7.43. The molecule has 3 rings (SSSR count). The maximum Gasteiger partial charge on any atom is 0.256 e. The number of halogens is 1. The van der Waals surface area contributed by atoms with Gasteiger partial charge >= 0.3 is 0 Å². The molecular formula is C10H8ClNO2S. The van der Waals surface area contributed by atoms with Crippen molar-refractivity contribution in [3.8, 4) is 0 Å². The second-order valence-corrected chi connectivity index (χ2v) is 4.77. The Hall–Kier alpha value is -0.710. The van der Waals surface area contributed by atoms with Crippen molar-refractivity contribution in [2.45, 2.75) is 11.3 Å². The minimum atomic E-state index is 0.383. The second kappa shape index (κ2) is 3.70. The number of ether oxygens (including phenoxy) is 1. The summed E-state index contributed by atoms with van der Waals surface area (Å²) in [7, 11) is 0. The van der Waals surface area contributed by atoms with E-state index in [0.717, 1.165) is 23.5 Å². The van der Waals surface area contributed by atoms with Crippen molar-refractivity contribution in [3.63, 3.8) is 0 Å². The molecule has 0 saturated carbocycles. The molecule has 78 valence electrons. The maximum absolute atomic E-state index is 5.86. The van der Waals surface area contributed by atoms with Gasteiger partial charge in [0.1, 0.15) is 5.52 Å². The lowest BCUT2D eigenvalue weighted by Crippen LogP contribution is -1.87. The van der Waals surface area contributed by atoms with Gasteiger partial charge in [-0.25, -0.2) is 4.98 Å². The van der Waals surface area contributed by atoms with Gasteiger partial charge in [0.05, 0.1) is 12.7 Å². The number of thioether (sulfide) groups is 1. The van der Waals surface area contributed by atoms with E-state index in [1.165, 1.54) is 0 Å². The van der Waals surface area contributed by atoms with E-state index in [2.05, 4.69) is 4.98 Å². The van der Waals surface area contributed by atoms with E-state index in [9.17, 15) is 0 Å². The highest BCUT2D eigenvalue weighted by Crippen LogP contribution is 2.27. The molecule has 2 aromatic rings. The van der Waals surface area contributed by atoms with Gasteiger partial charge in [-0.1, -0.05) is 23.4 Å². The van der Waals surface area contributed by atoms with Gasteiger partial charge in [0.15, 0.2) is 5.58 Å². The molecule has 1 aliphatic rings. The third-order valence-electron chi connectivity index (χ3n) is 2.13. The summed E-state index contributed by atoms with van der Waals surface area (Å²) < 4.78 is 10.7. The van der Waals surface area contributed by atoms with E-state index in [1.807, 2.05) is 6.07 Å². The van der Waals surface area contributed by atoms with Crippen LogP contribution in [0, 0.1) is 0 Å². The molecule has 2 heterocycles. The summed E-state index contributed by atoms with van der Waals surface area (Å²) in [5.74, 6) is 0.903. The van der Waals surface area contributed by atoms with Crippen LogP contribution < -0.4 is 0 Å². The summed E-state index contributed by atoms with van der Waals surface area (Å²) in [4.78, 5) is 4.33. The van der Waals surface area contributed by atoms with E-state index in [1.54, 1.807) is 23.9 Å². The molecule has 1 aromatic heterocycles. The normalized spacial score (nSPS) is 19.7. The lowest BCUT2D eigenvalue weighted by atomic mass is 10.3. The molecule has 3 nitrogen and oxygen atoms in total. The number of benzene rings is 1. The van der Waals surface area contributed by atoms with Gasteiger partial charge in [-0.2, -0.15) is 0 Å². The fourth-order valence-corrected chi connectivity index (χ4v) is 2.27. The quantitative estimate of drug-likeness (QED) is 0.612. The number of nitrogens with zero attached hydrogens (tertiary/aromatic N) is 1. The van der Waals surface area contributed by atoms with Crippen molar-refractivity contribution in [1.82, 2.24) is 4.98 Å². The summed E-state index contributed by atoms with van der Waals surface area (Å²) in [6, 6.07) is 5.44. The van der Waals surface area contributed by atoms with Crippen molar-refractivity contribution >= 4 is 34.5 Å². The van der Waals surface area contributed by atoms with Crippen LogP contribution in [0.15, 0.2) is 27.8 Å². The Kier molecular flexibility index (Phi) is 2.35. The molecule has 0 aliphatic carbocycles. The van der Waals surface area contributed by atoms with Gasteiger partial charge in [0.2, 0.25) is 0 Å². The molecule has 0 bridgehead atoms. The van der Waals surface area contributed by atoms with Crippen molar-refractivity contribution in [2.75, 3.05) is 12.4 Å². The van der Waals surface area contributed by atoms with Crippen molar-refractivity contribution in [2.24, 2.45) is 0 Å². The Morgan fingerprint density at radius 2 is 2.40 bits per heavy atom. The Morgan fingerprint density at radius 1 is 1.53 bits per heavy atom. The first-order valence-electron chi connectivity index (χ1n) is 4.62. The van der Waals surface area contributed by atoms with E-state index in [4.69, 9.17) is 20.8 Å². The fraction of sp³-hybridized carbons (Fsp3) is 0.300. The van der Waals surface area contributed by atoms with Gasteiger partial charge in [-0.15, -0.1) is 0 Å². The minimum absolute atomic E-state index is 0.383. The van der Waals surface area contributed by atoms with Crippen molar-refractivity contribution in [3.05, 3.63) is 23.2 Å². The van der Waals surface area contributed by atoms with E-state index < -0.39 is 0 Å². The lowest BCUT2D eigenvalue weighted by Gasteiger charge is -1.89. The molecule has 1 aliphatic heterocycles. The first kappa shape index (κ1) is 9.51. The second-order valence-electron chi connectivity index (χ2n) is 3.36. The smallest absolute Gasteiger partial charge is 0.256 e. The van der Waals surface area contributed by atoms with Crippen LogP contribution in [0.5, 0.6) is 0 Å². The number of hydrogen-bond acceptors (Lipinski definition) is 4. The summed E-state index contributed by atoms with van der Waals surface area (Å²) in [6.07, 6.45) is 0.383. The molecule has 0 N–H and O–H groups in total. The highest BCUT2D eigenvalue weighted by atomic mass is 35.5. The molecular weight excluding hydrogens is 234 g/mol. The van der Waals surface area contributed by atoms with Crippen LogP contribution >= 0.6 is 23.4 Å². The fourth-order valence-electron chi connectivity index (χ4n) is 1.27. The summed E-state index contributed by atoms with van der Waals surface area (Å²) in [5, 5.41) is 1.36. The molecule has 5 heteroatoms. The van der Waals surface area contributed by atoms with Crippen LogP contribution in [-0.4, -0.2) is 23.4 Å². The van der Waals surface area contributed by atoms with E-state index >= 15 is 0 Å². The molecule has 1 fully saturated rings. The monoisotopic (exact) mass is 241 g/mol. The average molecular weight is 242 g/mol. The molecule has 0 spiro atoms. The van der Waals surface area contributed by atoms with Gasteiger partial charge in [0, 0.05) is 10.8 Å². The van der Waals surface area contributed by atoms with Crippen LogP contribution in [0.25, 0.3) is 11.1 Å². The number of rotatable bonds is 3. The first-order valence-corrected chi connectivity index (χ1v) is 5.98. The van der Waals surface area contributed by atoms with E-state index in [0.29, 0.717) is 16.3 Å². The van der Waals surface area contributed by atoms with Crippen molar-refractivity contribution in [1.29, 1.82) is 0 Å². The number of fused-ring (bicyclic) bond motifs is 1. The molecule has 1 aromatic carbocycles. The van der Waals surface area contributed by atoms with Crippen LogP contribution in [0.1, 0.15) is 0 Å². The maximum atomic E-state index is 5.86. The van der Waals surface area contributed by atoms with Crippen molar-refractivity contribution < 1.29 is 9.15 Å². The Bertz CT molecular complexity index is 495. The third-order valence-corrected chi connectivity index (χ3v) is 3.32. The number of epoxide rings is 1. The zero-order valence-corrected chi connectivity index (χ0v) is 9.35. The highest BCUT2D eigenvalue weighted by molar-refractivity contribution is 7.99. The average Bonchev–Trinajstić information content (AvgIpc) is 2.95. The van der Waals surface area contributed by atoms with Crippen LogP contribution in [-0.2, 0) is 4.74 Å². The summed E-state index contributed by atoms with van der Waals surface area (Å²) in [5.41, 5.74) is 1.58. The predicted molar refractivity (Wildman–Crippen MR) is 59.5 cm³/mol. The first-order chi connectivity index (χ1) is 7.31. The van der Waals surface area contributed by atoms with E-state index in [-0.39, 0.29) is 0 Å². The summed E-state index contributed by atoms with van der Waals surface area (Å²) in [6.45, 7) is 0.860. The topological polar surface area (TPSA) is 38.6 Å². The lowest BCUT2D eigenvalue weighted by molar-refractivity contribution is 0.424. The molecule has 0 radical (unpaired) electrons. The van der Waals surface area contributed by atoms with Crippen LogP contribution in [0.4, 0.5) is 0 Å². The zero-order chi connectivity index (χ0) is 10.3. The van der Waals surface area contributed by atoms with Gasteiger partial charge in [0.25, 0.3) is 5.22 Å². The molecule has 0 amide bonds. The highest BCUT2D eigenvalue weighted by Gasteiger charge is 2.23. The minimum Gasteiger partial charge on any atom is -0.431 e. The van der Waals surface area contributed by atoms with Gasteiger partial charge in [-0.3, -0.25) is 0 Å². The van der Waals surface area contributed by atoms with Gasteiger partial charge in [-0.05, 0) is 18.2 Å². The zero-order valence-electron chi connectivity index (χ0n) is 7.77.